The van der Waals surface area contributed by atoms with E-state index >= 15 is 0 Å². The van der Waals surface area contributed by atoms with Crippen LogP contribution in [0.5, 0.6) is 0 Å². The van der Waals surface area contributed by atoms with Crippen LogP contribution in [0.3, 0.4) is 0 Å². The van der Waals surface area contributed by atoms with Crippen molar-refractivity contribution in [2.75, 3.05) is 22.9 Å². The molecule has 4 rings (SSSR count). The van der Waals surface area contributed by atoms with Crippen LogP contribution in [-0.4, -0.2) is 37.6 Å². The Hall–Kier alpha value is -3.30. The summed E-state index contributed by atoms with van der Waals surface area (Å²) in [6, 6.07) is 16.5. The molecule has 0 saturated carbocycles. The Morgan fingerprint density at radius 2 is 1.76 bits per heavy atom. The number of fused-ring (bicyclic) bond motifs is 1. The average Bonchev–Trinajstić information content (AvgIpc) is 3.25. The van der Waals surface area contributed by atoms with Crippen molar-refractivity contribution in [1.29, 1.82) is 0 Å². The number of pyridine rings is 1. The number of para-hydroxylation sites is 1. The largest absolute Gasteiger partial charge is 0.298 e. The molecular formula is C24H24N4O3S2. The van der Waals surface area contributed by atoms with Gasteiger partial charge in [0.15, 0.2) is 5.13 Å². The van der Waals surface area contributed by atoms with Gasteiger partial charge < -0.3 is 0 Å². The minimum Gasteiger partial charge on any atom is -0.298 e. The van der Waals surface area contributed by atoms with Gasteiger partial charge in [0.05, 0.1) is 28.7 Å². The zero-order valence-electron chi connectivity index (χ0n) is 18.7. The van der Waals surface area contributed by atoms with E-state index in [1.807, 2.05) is 61.7 Å². The van der Waals surface area contributed by atoms with Crippen LogP contribution in [0.15, 0.2) is 60.0 Å². The van der Waals surface area contributed by atoms with E-state index in [2.05, 4.69) is 15.3 Å². The molecule has 0 unspecified atom stereocenters. The zero-order valence-corrected chi connectivity index (χ0v) is 20.4. The highest BCUT2D eigenvalue weighted by Crippen LogP contribution is 2.28. The topological polar surface area (TPSA) is 92.3 Å². The molecule has 33 heavy (non-hydrogen) atoms. The highest BCUT2D eigenvalue weighted by atomic mass is 32.2. The predicted molar refractivity (Wildman–Crippen MR) is 135 cm³/mol. The molecule has 2 aromatic heterocycles. The fraction of sp³-hybridized carbons (Fsp3) is 0.208. The summed E-state index contributed by atoms with van der Waals surface area (Å²) in [6.07, 6.45) is 1.16. The SMILES string of the molecule is CC(C)c1cc(C(=O)Nc2nc(-c3ccc(N(C)S(C)(=O)=O)cc3)cs2)c2ccccc2n1. The van der Waals surface area contributed by atoms with Gasteiger partial charge in [-0.2, -0.15) is 0 Å². The lowest BCUT2D eigenvalue weighted by Gasteiger charge is -2.16. The number of hydrogen-bond donors (Lipinski definition) is 1. The van der Waals surface area contributed by atoms with Gasteiger partial charge in [0.2, 0.25) is 10.0 Å². The van der Waals surface area contributed by atoms with Gasteiger partial charge in [-0.1, -0.05) is 44.2 Å². The molecule has 0 fully saturated rings. The third-order valence-corrected chi connectivity index (χ3v) is 7.28. The lowest BCUT2D eigenvalue weighted by Crippen LogP contribution is -2.24. The van der Waals surface area contributed by atoms with E-state index in [0.29, 0.717) is 22.1 Å². The summed E-state index contributed by atoms with van der Waals surface area (Å²) < 4.78 is 24.7. The Labute approximate surface area is 197 Å². The molecule has 9 heteroatoms. The van der Waals surface area contributed by atoms with Crippen molar-refractivity contribution in [3.63, 3.8) is 0 Å². The first-order valence-electron chi connectivity index (χ1n) is 10.3. The van der Waals surface area contributed by atoms with Gasteiger partial charge in [-0.3, -0.25) is 19.4 Å². The quantitative estimate of drug-likeness (QED) is 0.413. The second-order valence-corrected chi connectivity index (χ2v) is 10.9. The normalized spacial score (nSPS) is 11.7. The van der Waals surface area contributed by atoms with Gasteiger partial charge in [-0.25, -0.2) is 13.4 Å². The summed E-state index contributed by atoms with van der Waals surface area (Å²) in [5.74, 6) is -0.0427. The van der Waals surface area contributed by atoms with Gasteiger partial charge in [-0.05, 0) is 30.2 Å². The van der Waals surface area contributed by atoms with Crippen LogP contribution in [0.1, 0.15) is 35.8 Å². The molecule has 0 bridgehead atoms. The molecule has 4 aromatic rings. The first-order chi connectivity index (χ1) is 15.6. The van der Waals surface area contributed by atoms with E-state index in [9.17, 15) is 13.2 Å². The number of aromatic nitrogens is 2. The van der Waals surface area contributed by atoms with E-state index in [1.165, 1.54) is 22.7 Å². The van der Waals surface area contributed by atoms with Crippen LogP contribution in [0.2, 0.25) is 0 Å². The van der Waals surface area contributed by atoms with Crippen LogP contribution in [0, 0.1) is 0 Å². The number of carbonyl (C=O) groups excluding carboxylic acids is 1. The molecule has 1 amide bonds. The fourth-order valence-corrected chi connectivity index (χ4v) is 4.56. The Kier molecular flexibility index (Phi) is 6.18. The highest BCUT2D eigenvalue weighted by molar-refractivity contribution is 7.92. The molecule has 0 spiro atoms. The Morgan fingerprint density at radius 3 is 2.42 bits per heavy atom. The highest BCUT2D eigenvalue weighted by Gasteiger charge is 2.17. The number of benzene rings is 2. The molecule has 7 nitrogen and oxygen atoms in total. The number of sulfonamides is 1. The first-order valence-corrected chi connectivity index (χ1v) is 13.1. The third-order valence-electron chi connectivity index (χ3n) is 5.32. The van der Waals surface area contributed by atoms with Gasteiger partial charge in [0.25, 0.3) is 5.91 Å². The molecule has 0 aliphatic rings. The Morgan fingerprint density at radius 1 is 1.06 bits per heavy atom. The van der Waals surface area contributed by atoms with Crippen LogP contribution >= 0.6 is 11.3 Å². The van der Waals surface area contributed by atoms with Crippen molar-refractivity contribution >= 4 is 49.0 Å². The lowest BCUT2D eigenvalue weighted by atomic mass is 10.0. The van der Waals surface area contributed by atoms with Crippen molar-refractivity contribution < 1.29 is 13.2 Å². The van der Waals surface area contributed by atoms with Crippen molar-refractivity contribution in [3.8, 4) is 11.3 Å². The maximum atomic E-state index is 13.1. The molecule has 0 atom stereocenters. The summed E-state index contributed by atoms with van der Waals surface area (Å²) in [5, 5.41) is 6.04. The van der Waals surface area contributed by atoms with Gasteiger partial charge in [0, 0.05) is 29.1 Å². The van der Waals surface area contributed by atoms with Crippen LogP contribution in [0.25, 0.3) is 22.2 Å². The number of amides is 1. The van der Waals surface area contributed by atoms with Crippen molar-refractivity contribution in [2.24, 2.45) is 0 Å². The van der Waals surface area contributed by atoms with E-state index in [-0.39, 0.29) is 11.8 Å². The standard InChI is InChI=1S/C24H24N4O3S2/c1-15(2)21-13-19(18-7-5-6-8-20(18)25-21)23(29)27-24-26-22(14-32-24)16-9-11-17(12-10-16)28(3)33(4,30)31/h5-15H,1-4H3,(H,26,27,29). The maximum absolute atomic E-state index is 13.1. The van der Waals surface area contributed by atoms with Gasteiger partial charge >= 0.3 is 0 Å². The number of carbonyl (C=O) groups is 1. The Balaban J connectivity index is 1.58. The molecule has 170 valence electrons. The lowest BCUT2D eigenvalue weighted by molar-refractivity contribution is 0.102. The van der Waals surface area contributed by atoms with E-state index < -0.39 is 10.0 Å². The average molecular weight is 481 g/mol. The van der Waals surface area contributed by atoms with E-state index in [4.69, 9.17) is 0 Å². The number of hydrogen-bond acceptors (Lipinski definition) is 6. The number of nitrogens with one attached hydrogen (secondary N) is 1. The summed E-state index contributed by atoms with van der Waals surface area (Å²) >= 11 is 1.33. The summed E-state index contributed by atoms with van der Waals surface area (Å²) in [6.45, 7) is 4.09. The number of rotatable bonds is 6. The second-order valence-electron chi connectivity index (χ2n) is 8.04. The van der Waals surface area contributed by atoms with Crippen molar-refractivity contribution in [3.05, 3.63) is 71.2 Å². The fourth-order valence-electron chi connectivity index (χ4n) is 3.34. The molecule has 1 N–H and O–H groups in total. The molecule has 2 aromatic carbocycles. The third kappa shape index (κ3) is 4.89. The Bertz CT molecular complexity index is 1430. The van der Waals surface area contributed by atoms with Crippen molar-refractivity contribution in [2.45, 2.75) is 19.8 Å². The molecule has 0 radical (unpaired) electrons. The number of anilines is 2. The van der Waals surface area contributed by atoms with Gasteiger partial charge in [0.1, 0.15) is 0 Å². The van der Waals surface area contributed by atoms with Crippen LogP contribution in [-0.2, 0) is 10.0 Å². The molecule has 0 aliphatic carbocycles. The second kappa shape index (κ2) is 8.92. The molecule has 2 heterocycles. The monoisotopic (exact) mass is 480 g/mol. The predicted octanol–water partition coefficient (Wildman–Crippen LogP) is 5.13. The number of nitrogens with zero attached hydrogens (tertiary/aromatic N) is 3. The van der Waals surface area contributed by atoms with Crippen LogP contribution in [0.4, 0.5) is 10.8 Å². The minimum absolute atomic E-state index is 0.192. The summed E-state index contributed by atoms with van der Waals surface area (Å²) in [4.78, 5) is 22.3. The zero-order chi connectivity index (χ0) is 23.8. The molecular weight excluding hydrogens is 456 g/mol. The summed E-state index contributed by atoms with van der Waals surface area (Å²) in [5.41, 5.74) is 4.30. The first kappa shape index (κ1) is 22.9. The van der Waals surface area contributed by atoms with Gasteiger partial charge in [-0.15, -0.1) is 11.3 Å². The van der Waals surface area contributed by atoms with Crippen molar-refractivity contribution in [1.82, 2.24) is 9.97 Å². The number of thiazole rings is 1. The van der Waals surface area contributed by atoms with Crippen LogP contribution < -0.4 is 9.62 Å². The van der Waals surface area contributed by atoms with E-state index in [1.54, 1.807) is 12.1 Å². The smallest absolute Gasteiger partial charge is 0.258 e. The summed E-state index contributed by atoms with van der Waals surface area (Å²) in [7, 11) is -1.82. The molecule has 0 aliphatic heterocycles. The maximum Gasteiger partial charge on any atom is 0.258 e. The molecule has 0 saturated heterocycles. The minimum atomic E-state index is -3.33. The van der Waals surface area contributed by atoms with E-state index in [0.717, 1.165) is 28.4 Å².